The molecule has 2 aromatic carbocycles. The van der Waals surface area contributed by atoms with Crippen molar-refractivity contribution < 1.29 is 18.0 Å². The van der Waals surface area contributed by atoms with E-state index in [-0.39, 0.29) is 35.7 Å². The normalized spacial score (nSPS) is 14.5. The molecule has 160 valence electrons. The predicted octanol–water partition coefficient (Wildman–Crippen LogP) is 2.38. The fourth-order valence-electron chi connectivity index (χ4n) is 3.36. The number of nitrogens with one attached hydrogen (secondary N) is 3. The lowest BCUT2D eigenvalue weighted by Gasteiger charge is -2.18. The van der Waals surface area contributed by atoms with Crippen molar-refractivity contribution in [3.8, 4) is 0 Å². The average Bonchev–Trinajstić information content (AvgIpc) is 2.72. The largest absolute Gasteiger partial charge is 0.354 e. The Bertz CT molecular complexity index is 1010. The van der Waals surface area contributed by atoms with Gasteiger partial charge in [-0.15, -0.1) is 0 Å². The van der Waals surface area contributed by atoms with Crippen LogP contribution >= 0.6 is 0 Å². The number of carbonyl (C=O) groups excluding carboxylic acids is 2. The number of benzene rings is 2. The van der Waals surface area contributed by atoms with Crippen molar-refractivity contribution in [2.24, 2.45) is 0 Å². The Morgan fingerprint density at radius 1 is 1.13 bits per heavy atom. The second-order valence-corrected chi connectivity index (χ2v) is 9.27. The Hall–Kier alpha value is -2.71. The Labute approximate surface area is 177 Å². The standard InChI is InChI=1S/C22H27N3O4S/c1-16(7-8-17-5-3-2-4-6-17)24-22(27)13-14-23-30(28,29)19-10-11-20-18(15-19)9-12-21(26)25-20/h2-6,10-11,15-16,23H,7-9,12-14H2,1H3,(H,24,27)(H,25,26)/t16-/m1/s1. The van der Waals surface area contributed by atoms with Crippen molar-refractivity contribution in [1.29, 1.82) is 0 Å². The zero-order chi connectivity index (χ0) is 21.6. The lowest BCUT2D eigenvalue weighted by molar-refractivity contribution is -0.121. The molecule has 3 rings (SSSR count). The zero-order valence-electron chi connectivity index (χ0n) is 17.0. The van der Waals surface area contributed by atoms with Gasteiger partial charge in [0.2, 0.25) is 21.8 Å². The number of anilines is 1. The molecule has 0 bridgehead atoms. The van der Waals surface area contributed by atoms with E-state index in [4.69, 9.17) is 0 Å². The molecule has 0 fully saturated rings. The number of hydrogen-bond donors (Lipinski definition) is 3. The Morgan fingerprint density at radius 2 is 1.90 bits per heavy atom. The molecule has 8 heteroatoms. The first kappa shape index (κ1) is 22.0. The number of rotatable bonds is 9. The van der Waals surface area contributed by atoms with Crippen LogP contribution in [0.4, 0.5) is 5.69 Å². The van der Waals surface area contributed by atoms with Crippen LogP contribution in [-0.4, -0.2) is 32.8 Å². The number of hydrogen-bond acceptors (Lipinski definition) is 4. The number of aryl methyl sites for hydroxylation is 2. The van der Waals surface area contributed by atoms with Crippen molar-refractivity contribution in [1.82, 2.24) is 10.0 Å². The van der Waals surface area contributed by atoms with Crippen molar-refractivity contribution in [2.75, 3.05) is 11.9 Å². The van der Waals surface area contributed by atoms with Crippen LogP contribution in [0.3, 0.4) is 0 Å². The van der Waals surface area contributed by atoms with Gasteiger partial charge in [0.1, 0.15) is 0 Å². The summed E-state index contributed by atoms with van der Waals surface area (Å²) >= 11 is 0. The first-order chi connectivity index (χ1) is 14.3. The van der Waals surface area contributed by atoms with E-state index in [1.54, 1.807) is 12.1 Å². The van der Waals surface area contributed by atoms with Crippen LogP contribution in [0, 0.1) is 0 Å². The molecule has 0 saturated heterocycles. The van der Waals surface area contributed by atoms with E-state index in [9.17, 15) is 18.0 Å². The Balaban J connectivity index is 1.44. The van der Waals surface area contributed by atoms with Gasteiger partial charge in [0, 0.05) is 31.1 Å². The van der Waals surface area contributed by atoms with Crippen LogP contribution in [0.5, 0.6) is 0 Å². The van der Waals surface area contributed by atoms with Crippen LogP contribution in [0.1, 0.15) is 37.3 Å². The van der Waals surface area contributed by atoms with Gasteiger partial charge in [-0.3, -0.25) is 9.59 Å². The fourth-order valence-corrected chi connectivity index (χ4v) is 4.44. The molecule has 0 saturated carbocycles. The number of carbonyl (C=O) groups is 2. The number of amides is 2. The minimum atomic E-state index is -3.72. The average molecular weight is 430 g/mol. The van der Waals surface area contributed by atoms with Gasteiger partial charge in [-0.05, 0) is 55.5 Å². The van der Waals surface area contributed by atoms with Gasteiger partial charge in [0.25, 0.3) is 0 Å². The number of fused-ring (bicyclic) bond motifs is 1. The quantitative estimate of drug-likeness (QED) is 0.569. The summed E-state index contributed by atoms with van der Waals surface area (Å²) in [6, 6.07) is 14.7. The second kappa shape index (κ2) is 9.86. The third-order valence-corrected chi connectivity index (χ3v) is 6.50. The van der Waals surface area contributed by atoms with E-state index < -0.39 is 10.0 Å². The molecule has 1 atom stereocenters. The third-order valence-electron chi connectivity index (χ3n) is 5.04. The van der Waals surface area contributed by atoms with Crippen LogP contribution < -0.4 is 15.4 Å². The summed E-state index contributed by atoms with van der Waals surface area (Å²) in [5.74, 6) is -0.258. The maximum Gasteiger partial charge on any atom is 0.240 e. The summed E-state index contributed by atoms with van der Waals surface area (Å²) in [6.07, 6.45) is 2.59. The van der Waals surface area contributed by atoms with Crippen molar-refractivity contribution in [2.45, 2.75) is 50.0 Å². The minimum absolute atomic E-state index is 0.00479. The fraction of sp³-hybridized carbons (Fsp3) is 0.364. The van der Waals surface area contributed by atoms with Crippen molar-refractivity contribution >= 4 is 27.5 Å². The first-order valence-electron chi connectivity index (χ1n) is 10.1. The van der Waals surface area contributed by atoms with Gasteiger partial charge in [0.05, 0.1) is 4.90 Å². The molecular weight excluding hydrogens is 402 g/mol. The van der Waals surface area contributed by atoms with E-state index in [2.05, 4.69) is 27.5 Å². The van der Waals surface area contributed by atoms with Gasteiger partial charge in [-0.25, -0.2) is 13.1 Å². The molecule has 3 N–H and O–H groups in total. The summed E-state index contributed by atoms with van der Waals surface area (Å²) in [5.41, 5.74) is 2.66. The summed E-state index contributed by atoms with van der Waals surface area (Å²) in [4.78, 5) is 23.7. The highest BCUT2D eigenvalue weighted by Crippen LogP contribution is 2.25. The molecule has 0 aromatic heterocycles. The lowest BCUT2D eigenvalue weighted by atomic mass is 10.0. The van der Waals surface area contributed by atoms with Crippen molar-refractivity contribution in [3.05, 3.63) is 59.7 Å². The molecule has 0 aliphatic carbocycles. The minimum Gasteiger partial charge on any atom is -0.354 e. The third kappa shape index (κ3) is 6.14. The molecule has 0 spiro atoms. The molecule has 2 amide bonds. The number of sulfonamides is 1. The lowest BCUT2D eigenvalue weighted by Crippen LogP contribution is -2.35. The molecular formula is C22H27N3O4S. The zero-order valence-corrected chi connectivity index (χ0v) is 17.8. The molecule has 0 radical (unpaired) electrons. The van der Waals surface area contributed by atoms with Crippen LogP contribution in [0.2, 0.25) is 0 Å². The summed E-state index contributed by atoms with van der Waals surface area (Å²) in [7, 11) is -3.72. The van der Waals surface area contributed by atoms with Gasteiger partial charge < -0.3 is 10.6 Å². The smallest absolute Gasteiger partial charge is 0.240 e. The highest BCUT2D eigenvalue weighted by molar-refractivity contribution is 7.89. The molecule has 1 aliphatic rings. The SMILES string of the molecule is C[C@H](CCc1ccccc1)NC(=O)CCNS(=O)(=O)c1ccc2c(c1)CCC(=O)N2. The monoisotopic (exact) mass is 429 g/mol. The van der Waals surface area contributed by atoms with Crippen LogP contribution in [0.15, 0.2) is 53.4 Å². The highest BCUT2D eigenvalue weighted by atomic mass is 32.2. The summed E-state index contributed by atoms with van der Waals surface area (Å²) in [5, 5.41) is 5.64. The maximum atomic E-state index is 12.5. The van der Waals surface area contributed by atoms with Gasteiger partial charge >= 0.3 is 0 Å². The topological polar surface area (TPSA) is 104 Å². The van der Waals surface area contributed by atoms with E-state index in [0.717, 1.165) is 18.4 Å². The molecule has 30 heavy (non-hydrogen) atoms. The molecule has 2 aromatic rings. The predicted molar refractivity (Wildman–Crippen MR) is 116 cm³/mol. The van der Waals surface area contributed by atoms with Gasteiger partial charge in [-0.1, -0.05) is 30.3 Å². The van der Waals surface area contributed by atoms with E-state index in [1.165, 1.54) is 11.6 Å². The van der Waals surface area contributed by atoms with Crippen LogP contribution in [-0.2, 0) is 32.5 Å². The second-order valence-electron chi connectivity index (χ2n) is 7.51. The van der Waals surface area contributed by atoms with E-state index in [0.29, 0.717) is 18.5 Å². The van der Waals surface area contributed by atoms with Crippen molar-refractivity contribution in [3.63, 3.8) is 0 Å². The van der Waals surface area contributed by atoms with E-state index in [1.807, 2.05) is 25.1 Å². The molecule has 7 nitrogen and oxygen atoms in total. The van der Waals surface area contributed by atoms with Crippen LogP contribution in [0.25, 0.3) is 0 Å². The first-order valence-corrected chi connectivity index (χ1v) is 11.6. The molecule has 1 aliphatic heterocycles. The Morgan fingerprint density at radius 3 is 2.67 bits per heavy atom. The van der Waals surface area contributed by atoms with Gasteiger partial charge in [0.15, 0.2) is 0 Å². The maximum absolute atomic E-state index is 12.5. The molecule has 0 unspecified atom stereocenters. The molecule has 1 heterocycles. The summed E-state index contributed by atoms with van der Waals surface area (Å²) in [6.45, 7) is 1.96. The van der Waals surface area contributed by atoms with E-state index >= 15 is 0 Å². The summed E-state index contributed by atoms with van der Waals surface area (Å²) < 4.78 is 27.5. The highest BCUT2D eigenvalue weighted by Gasteiger charge is 2.20. The van der Waals surface area contributed by atoms with Gasteiger partial charge in [-0.2, -0.15) is 0 Å². The Kier molecular flexibility index (Phi) is 7.23.